The van der Waals surface area contributed by atoms with Crippen LogP contribution in [0.1, 0.15) is 104 Å². The summed E-state index contributed by atoms with van der Waals surface area (Å²) in [6.07, 6.45) is 18.5. The van der Waals surface area contributed by atoms with Crippen LogP contribution in [0.3, 0.4) is 0 Å². The van der Waals surface area contributed by atoms with Crippen LogP contribution in [0.5, 0.6) is 0 Å². The maximum absolute atomic E-state index is 11.3. The molecule has 0 heterocycles. The van der Waals surface area contributed by atoms with Crippen LogP contribution in [0.15, 0.2) is 0 Å². The molecule has 0 saturated carbocycles. The fourth-order valence-corrected chi connectivity index (χ4v) is 3.57. The molecule has 140 valence electrons. The summed E-state index contributed by atoms with van der Waals surface area (Å²) >= 11 is 0. The van der Waals surface area contributed by atoms with E-state index in [4.69, 9.17) is 4.74 Å². The highest BCUT2D eigenvalue weighted by molar-refractivity contribution is 7.84. The second-order valence-electron chi connectivity index (χ2n) is 6.64. The third-order valence-electron chi connectivity index (χ3n) is 4.37. The molecule has 3 heteroatoms. The molecule has 0 N–H and O–H groups in total. The highest BCUT2D eigenvalue weighted by Crippen LogP contribution is 2.11. The van der Waals surface area contributed by atoms with Gasteiger partial charge in [-0.25, -0.2) is 0 Å². The third kappa shape index (κ3) is 20.1. The second-order valence-corrected chi connectivity index (χ2v) is 8.51. The van der Waals surface area contributed by atoms with E-state index >= 15 is 0 Å². The van der Waals surface area contributed by atoms with Crippen molar-refractivity contribution in [3.63, 3.8) is 0 Å². The van der Waals surface area contributed by atoms with Crippen LogP contribution in [-0.4, -0.2) is 28.9 Å². The molecule has 0 aromatic heterocycles. The van der Waals surface area contributed by atoms with E-state index in [2.05, 4.69) is 6.92 Å². The smallest absolute Gasteiger partial charge is 0.0466 e. The summed E-state index contributed by atoms with van der Waals surface area (Å²) in [5.41, 5.74) is 0. The summed E-state index contributed by atoms with van der Waals surface area (Å²) in [5, 5.41) is 0. The van der Waals surface area contributed by atoms with Crippen molar-refractivity contribution in [2.24, 2.45) is 0 Å². The van der Waals surface area contributed by atoms with E-state index in [0.29, 0.717) is 0 Å². The van der Waals surface area contributed by atoms with Crippen LogP contribution in [0, 0.1) is 0 Å². The molecule has 0 radical (unpaired) electrons. The first kappa shape index (κ1) is 23.1. The van der Waals surface area contributed by atoms with Crippen LogP contribution in [0.4, 0.5) is 0 Å². The summed E-state index contributed by atoms with van der Waals surface area (Å²) in [5.74, 6) is 1.74. The number of hydrogen-bond acceptors (Lipinski definition) is 2. The van der Waals surface area contributed by atoms with Crippen molar-refractivity contribution in [2.45, 2.75) is 104 Å². The van der Waals surface area contributed by atoms with E-state index in [1.54, 1.807) is 0 Å². The van der Waals surface area contributed by atoms with Crippen molar-refractivity contribution in [2.75, 3.05) is 24.7 Å². The summed E-state index contributed by atoms with van der Waals surface area (Å²) in [7, 11) is -0.554. The maximum Gasteiger partial charge on any atom is 0.0466 e. The molecular formula is C20H42O2S. The Bertz CT molecular complexity index is 244. The molecule has 1 unspecified atom stereocenters. The standard InChI is InChI=1S/C20H42O2S/c1-3-5-15-18-22-19-16-13-11-9-7-6-8-10-12-14-17-20-23(21)4-2/h3-20H2,1-2H3. The van der Waals surface area contributed by atoms with E-state index in [1.807, 2.05) is 6.92 Å². The topological polar surface area (TPSA) is 26.3 Å². The number of unbranched alkanes of at least 4 members (excludes halogenated alkanes) is 12. The van der Waals surface area contributed by atoms with Crippen molar-refractivity contribution >= 4 is 10.8 Å². The molecular weight excluding hydrogens is 304 g/mol. The minimum absolute atomic E-state index is 0.554. The van der Waals surface area contributed by atoms with E-state index in [0.717, 1.165) is 31.1 Å². The largest absolute Gasteiger partial charge is 0.381 e. The zero-order valence-corrected chi connectivity index (χ0v) is 16.8. The first-order chi connectivity index (χ1) is 11.3. The first-order valence-electron chi connectivity index (χ1n) is 10.2. The SMILES string of the molecule is CCCCCOCCCCCCCCCCCCCS(=O)CC. The number of ether oxygens (including phenoxy) is 1. The Kier molecular flexibility index (Phi) is 20.3. The van der Waals surface area contributed by atoms with E-state index < -0.39 is 10.8 Å². The van der Waals surface area contributed by atoms with Gasteiger partial charge in [0, 0.05) is 35.5 Å². The van der Waals surface area contributed by atoms with Gasteiger partial charge in [0.2, 0.25) is 0 Å². The van der Waals surface area contributed by atoms with Crippen molar-refractivity contribution in [3.05, 3.63) is 0 Å². The van der Waals surface area contributed by atoms with Gasteiger partial charge in [0.15, 0.2) is 0 Å². The van der Waals surface area contributed by atoms with Crippen molar-refractivity contribution in [1.82, 2.24) is 0 Å². The van der Waals surface area contributed by atoms with Crippen molar-refractivity contribution in [1.29, 1.82) is 0 Å². The molecule has 0 amide bonds. The molecule has 0 aliphatic carbocycles. The molecule has 0 aromatic carbocycles. The molecule has 0 spiro atoms. The summed E-state index contributed by atoms with van der Waals surface area (Å²) in [6, 6.07) is 0. The predicted octanol–water partition coefficient (Wildman–Crippen LogP) is 6.25. The third-order valence-corrected chi connectivity index (χ3v) is 5.76. The Hall–Kier alpha value is 0.110. The fourth-order valence-electron chi connectivity index (χ4n) is 2.76. The van der Waals surface area contributed by atoms with Gasteiger partial charge < -0.3 is 4.74 Å². The molecule has 0 aliphatic rings. The average Bonchev–Trinajstić information content (AvgIpc) is 2.57. The van der Waals surface area contributed by atoms with Gasteiger partial charge in [-0.2, -0.15) is 0 Å². The Morgan fingerprint density at radius 1 is 0.609 bits per heavy atom. The molecule has 23 heavy (non-hydrogen) atoms. The summed E-state index contributed by atoms with van der Waals surface area (Å²) in [6.45, 7) is 6.17. The van der Waals surface area contributed by atoms with E-state index in [1.165, 1.54) is 83.5 Å². The Balaban J connectivity index is 2.99. The quantitative estimate of drug-likeness (QED) is 0.258. The van der Waals surface area contributed by atoms with E-state index in [9.17, 15) is 4.21 Å². The van der Waals surface area contributed by atoms with Crippen molar-refractivity contribution < 1.29 is 8.95 Å². The van der Waals surface area contributed by atoms with Gasteiger partial charge >= 0.3 is 0 Å². The normalized spacial score (nSPS) is 12.6. The van der Waals surface area contributed by atoms with Crippen LogP contribution >= 0.6 is 0 Å². The van der Waals surface area contributed by atoms with Crippen LogP contribution in [0.25, 0.3) is 0 Å². The molecule has 0 aromatic rings. The molecule has 0 aliphatic heterocycles. The Morgan fingerprint density at radius 2 is 1.04 bits per heavy atom. The second kappa shape index (κ2) is 20.2. The van der Waals surface area contributed by atoms with Crippen LogP contribution in [-0.2, 0) is 15.5 Å². The highest BCUT2D eigenvalue weighted by Gasteiger charge is 1.97. The Morgan fingerprint density at radius 3 is 1.52 bits per heavy atom. The lowest BCUT2D eigenvalue weighted by molar-refractivity contribution is 0.126. The van der Waals surface area contributed by atoms with Crippen molar-refractivity contribution in [3.8, 4) is 0 Å². The zero-order valence-electron chi connectivity index (χ0n) is 16.0. The summed E-state index contributed by atoms with van der Waals surface area (Å²) < 4.78 is 16.9. The van der Waals surface area contributed by atoms with Gasteiger partial charge in [-0.05, 0) is 19.3 Å². The van der Waals surface area contributed by atoms with Crippen LogP contribution < -0.4 is 0 Å². The Labute approximate surface area is 148 Å². The lowest BCUT2D eigenvalue weighted by Gasteiger charge is -2.04. The summed E-state index contributed by atoms with van der Waals surface area (Å²) in [4.78, 5) is 0. The van der Waals surface area contributed by atoms with Gasteiger partial charge in [0.05, 0.1) is 0 Å². The van der Waals surface area contributed by atoms with Gasteiger partial charge in [0.25, 0.3) is 0 Å². The lowest BCUT2D eigenvalue weighted by atomic mass is 10.1. The monoisotopic (exact) mass is 346 g/mol. The minimum atomic E-state index is -0.554. The molecule has 0 bridgehead atoms. The van der Waals surface area contributed by atoms with Gasteiger partial charge in [-0.3, -0.25) is 4.21 Å². The number of hydrogen-bond donors (Lipinski definition) is 0. The predicted molar refractivity (Wildman–Crippen MR) is 105 cm³/mol. The van der Waals surface area contributed by atoms with Gasteiger partial charge in [-0.15, -0.1) is 0 Å². The van der Waals surface area contributed by atoms with Gasteiger partial charge in [0.1, 0.15) is 0 Å². The molecule has 0 saturated heterocycles. The molecule has 0 rings (SSSR count). The fraction of sp³-hybridized carbons (Fsp3) is 1.00. The molecule has 0 fully saturated rings. The highest BCUT2D eigenvalue weighted by atomic mass is 32.2. The molecule has 1 atom stereocenters. The maximum atomic E-state index is 11.3. The van der Waals surface area contributed by atoms with Gasteiger partial charge in [-0.1, -0.05) is 84.5 Å². The minimum Gasteiger partial charge on any atom is -0.381 e. The molecule has 2 nitrogen and oxygen atoms in total. The van der Waals surface area contributed by atoms with E-state index in [-0.39, 0.29) is 0 Å². The van der Waals surface area contributed by atoms with Crippen LogP contribution in [0.2, 0.25) is 0 Å². The average molecular weight is 347 g/mol. The zero-order chi connectivity index (χ0) is 17.0. The lowest BCUT2D eigenvalue weighted by Crippen LogP contribution is -1.99. The first-order valence-corrected chi connectivity index (χ1v) is 11.7. The number of rotatable bonds is 19.